The maximum Gasteiger partial charge on any atom is 0.339 e. The van der Waals surface area contributed by atoms with Gasteiger partial charge in [-0.25, -0.2) is 4.98 Å². The van der Waals surface area contributed by atoms with Gasteiger partial charge in [-0.15, -0.1) is 11.3 Å². The minimum atomic E-state index is -3.85. The van der Waals surface area contributed by atoms with Crippen LogP contribution in [0.15, 0.2) is 100 Å². The van der Waals surface area contributed by atoms with Gasteiger partial charge in [0.2, 0.25) is 5.13 Å². The first-order valence-electron chi connectivity index (χ1n) is 9.00. The third-order valence-corrected chi connectivity index (χ3v) is 6.07. The second-order valence-corrected chi connectivity index (χ2v) is 8.60. The van der Waals surface area contributed by atoms with E-state index in [1.54, 1.807) is 48.7 Å². The van der Waals surface area contributed by atoms with Crippen LogP contribution in [0.5, 0.6) is 5.75 Å². The molecule has 0 radical (unpaired) electrons. The molecule has 150 valence electrons. The van der Waals surface area contributed by atoms with Crippen molar-refractivity contribution in [3.8, 4) is 17.0 Å². The summed E-state index contributed by atoms with van der Waals surface area (Å²) in [5.74, 6) is 0.233. The first-order chi connectivity index (χ1) is 14.6. The average molecular weight is 436 g/mol. The van der Waals surface area contributed by atoms with Crippen LogP contribution in [0.2, 0.25) is 0 Å². The minimum Gasteiger partial charge on any atom is -0.379 e. The van der Waals surface area contributed by atoms with E-state index in [-0.39, 0.29) is 10.6 Å². The van der Waals surface area contributed by atoms with Crippen LogP contribution in [-0.4, -0.2) is 19.6 Å². The monoisotopic (exact) mass is 435 g/mol. The van der Waals surface area contributed by atoms with Crippen LogP contribution in [0.1, 0.15) is 5.56 Å². The Bertz CT molecular complexity index is 1240. The zero-order chi connectivity index (χ0) is 20.8. The fraction of sp³-hybridized carbons (Fsp3) is 0. The molecule has 30 heavy (non-hydrogen) atoms. The van der Waals surface area contributed by atoms with E-state index in [1.165, 1.54) is 23.5 Å². The molecule has 1 aromatic heterocycles. The first kappa shape index (κ1) is 19.8. The van der Waals surface area contributed by atoms with E-state index in [0.717, 1.165) is 16.8 Å². The number of nitrogens with one attached hydrogen (secondary N) is 1. The third-order valence-electron chi connectivity index (χ3n) is 4.07. The second-order valence-electron chi connectivity index (χ2n) is 6.19. The van der Waals surface area contributed by atoms with Crippen molar-refractivity contribution in [3.05, 3.63) is 95.9 Å². The van der Waals surface area contributed by atoms with E-state index < -0.39 is 10.1 Å². The van der Waals surface area contributed by atoms with Gasteiger partial charge in [0.25, 0.3) is 0 Å². The lowest BCUT2D eigenvalue weighted by molar-refractivity contribution is 0.486. The Morgan fingerprint density at radius 1 is 0.900 bits per heavy atom. The molecule has 0 spiro atoms. The van der Waals surface area contributed by atoms with Crippen molar-refractivity contribution in [2.24, 2.45) is 5.10 Å². The predicted molar refractivity (Wildman–Crippen MR) is 119 cm³/mol. The minimum absolute atomic E-state index is 0.109. The summed E-state index contributed by atoms with van der Waals surface area (Å²) in [4.78, 5) is 4.61. The molecule has 0 aliphatic heterocycles. The summed E-state index contributed by atoms with van der Waals surface area (Å²) in [5.41, 5.74) is 5.63. The molecule has 0 amide bonds. The first-order valence-corrected chi connectivity index (χ1v) is 11.3. The Morgan fingerprint density at radius 3 is 2.27 bits per heavy atom. The second kappa shape index (κ2) is 8.89. The van der Waals surface area contributed by atoms with E-state index in [0.29, 0.717) is 5.13 Å². The van der Waals surface area contributed by atoms with Gasteiger partial charge >= 0.3 is 10.1 Å². The Hall–Kier alpha value is -3.49. The van der Waals surface area contributed by atoms with E-state index >= 15 is 0 Å². The highest BCUT2D eigenvalue weighted by atomic mass is 32.2. The van der Waals surface area contributed by atoms with Crippen molar-refractivity contribution in [1.29, 1.82) is 0 Å². The molecule has 8 heteroatoms. The number of aromatic nitrogens is 1. The smallest absolute Gasteiger partial charge is 0.339 e. The molecule has 4 rings (SSSR count). The molecule has 0 saturated heterocycles. The summed E-state index contributed by atoms with van der Waals surface area (Å²) in [7, 11) is -3.85. The van der Waals surface area contributed by atoms with Crippen LogP contribution < -0.4 is 9.61 Å². The molecule has 0 atom stereocenters. The predicted octanol–water partition coefficient (Wildman–Crippen LogP) is 5.02. The lowest BCUT2D eigenvalue weighted by Gasteiger charge is -2.06. The zero-order valence-electron chi connectivity index (χ0n) is 15.7. The fourth-order valence-corrected chi connectivity index (χ4v) is 4.22. The van der Waals surface area contributed by atoms with Gasteiger partial charge in [-0.1, -0.05) is 48.5 Å². The van der Waals surface area contributed by atoms with Gasteiger partial charge in [-0.3, -0.25) is 5.43 Å². The van der Waals surface area contributed by atoms with Gasteiger partial charge in [0, 0.05) is 10.9 Å². The van der Waals surface area contributed by atoms with Crippen molar-refractivity contribution in [2.75, 3.05) is 5.43 Å². The van der Waals surface area contributed by atoms with Crippen LogP contribution in [0.4, 0.5) is 5.13 Å². The summed E-state index contributed by atoms with van der Waals surface area (Å²) >= 11 is 1.46. The zero-order valence-corrected chi connectivity index (χ0v) is 17.3. The molecule has 0 fully saturated rings. The summed E-state index contributed by atoms with van der Waals surface area (Å²) in [6.45, 7) is 0. The molecule has 1 N–H and O–H groups in total. The molecule has 0 unspecified atom stereocenters. The Morgan fingerprint density at radius 2 is 1.57 bits per heavy atom. The SMILES string of the molecule is O=S(=O)(Oc1ccc(/C=N\Nc2nc(-c3ccccc3)cs2)cc1)c1ccccc1. The average Bonchev–Trinajstić information content (AvgIpc) is 3.25. The lowest BCUT2D eigenvalue weighted by atomic mass is 10.2. The van der Waals surface area contributed by atoms with Crippen molar-refractivity contribution in [2.45, 2.75) is 4.90 Å². The quantitative estimate of drug-likeness (QED) is 0.250. The summed E-state index contributed by atoms with van der Waals surface area (Å²) < 4.78 is 29.7. The topological polar surface area (TPSA) is 80.7 Å². The number of hydrazone groups is 1. The molecule has 4 aromatic rings. The number of thiazole rings is 1. The lowest BCUT2D eigenvalue weighted by Crippen LogP contribution is -2.09. The van der Waals surface area contributed by atoms with E-state index in [2.05, 4.69) is 15.5 Å². The van der Waals surface area contributed by atoms with Crippen LogP contribution in [-0.2, 0) is 10.1 Å². The highest BCUT2D eigenvalue weighted by Gasteiger charge is 2.15. The van der Waals surface area contributed by atoms with Crippen molar-refractivity contribution in [1.82, 2.24) is 4.98 Å². The number of hydrogen-bond acceptors (Lipinski definition) is 7. The van der Waals surface area contributed by atoms with E-state index in [4.69, 9.17) is 4.18 Å². The highest BCUT2D eigenvalue weighted by Crippen LogP contribution is 2.24. The maximum absolute atomic E-state index is 12.3. The Balaban J connectivity index is 1.37. The number of hydrogen-bond donors (Lipinski definition) is 1. The normalized spacial score (nSPS) is 11.5. The molecule has 0 saturated carbocycles. The standard InChI is InChI=1S/C22H17N3O3S2/c26-30(27,20-9-5-2-6-10-20)28-19-13-11-17(12-14-19)15-23-25-22-24-21(16-29-22)18-7-3-1-4-8-18/h1-16H,(H,24,25)/b23-15-. The number of benzene rings is 3. The van der Waals surface area contributed by atoms with Crippen LogP contribution in [0.25, 0.3) is 11.3 Å². The van der Waals surface area contributed by atoms with Gasteiger partial charge in [0.15, 0.2) is 0 Å². The van der Waals surface area contributed by atoms with Crippen LogP contribution in [0.3, 0.4) is 0 Å². The van der Waals surface area contributed by atoms with Gasteiger partial charge < -0.3 is 4.18 Å². The Kier molecular flexibility index (Phi) is 5.87. The molecule has 3 aromatic carbocycles. The summed E-state index contributed by atoms with van der Waals surface area (Å²) in [5, 5.41) is 6.83. The fourth-order valence-electron chi connectivity index (χ4n) is 2.60. The van der Waals surface area contributed by atoms with E-state index in [9.17, 15) is 8.42 Å². The van der Waals surface area contributed by atoms with Crippen molar-refractivity contribution < 1.29 is 12.6 Å². The molecule has 0 aliphatic rings. The van der Waals surface area contributed by atoms with Gasteiger partial charge in [-0.05, 0) is 42.0 Å². The Labute approximate surface area is 178 Å². The molecule has 0 bridgehead atoms. The molecular weight excluding hydrogens is 418 g/mol. The molecule has 1 heterocycles. The summed E-state index contributed by atoms with van der Waals surface area (Å²) in [6.07, 6.45) is 1.62. The van der Waals surface area contributed by atoms with Gasteiger partial charge in [0.05, 0.1) is 11.9 Å². The van der Waals surface area contributed by atoms with Crippen LogP contribution >= 0.6 is 11.3 Å². The van der Waals surface area contributed by atoms with Gasteiger partial charge in [-0.2, -0.15) is 13.5 Å². The molecule has 6 nitrogen and oxygen atoms in total. The largest absolute Gasteiger partial charge is 0.379 e. The number of rotatable bonds is 7. The van der Waals surface area contributed by atoms with Crippen LogP contribution in [0, 0.1) is 0 Å². The summed E-state index contributed by atoms with van der Waals surface area (Å²) in [6, 6.07) is 24.5. The molecule has 0 aliphatic carbocycles. The van der Waals surface area contributed by atoms with Gasteiger partial charge in [0.1, 0.15) is 10.6 Å². The highest BCUT2D eigenvalue weighted by molar-refractivity contribution is 7.87. The third kappa shape index (κ3) is 4.91. The van der Waals surface area contributed by atoms with E-state index in [1.807, 2.05) is 35.7 Å². The maximum atomic E-state index is 12.3. The molecular formula is C22H17N3O3S2. The van der Waals surface area contributed by atoms with Crippen molar-refractivity contribution in [3.63, 3.8) is 0 Å². The number of anilines is 1. The number of nitrogens with zero attached hydrogens (tertiary/aromatic N) is 2. The van der Waals surface area contributed by atoms with Crippen molar-refractivity contribution >= 4 is 32.8 Å².